The maximum Gasteiger partial charge on any atom is 0.410 e. The summed E-state index contributed by atoms with van der Waals surface area (Å²) in [6, 6.07) is 5.51. The topological polar surface area (TPSA) is 95.5 Å². The highest BCUT2D eigenvalue weighted by Crippen LogP contribution is 2.29. The third-order valence-corrected chi connectivity index (χ3v) is 3.90. The van der Waals surface area contributed by atoms with Crippen LogP contribution < -0.4 is 10.5 Å². The minimum absolute atomic E-state index is 0.336. The smallest absolute Gasteiger partial charge is 0.410 e. The van der Waals surface area contributed by atoms with Gasteiger partial charge in [0.2, 0.25) is 0 Å². The van der Waals surface area contributed by atoms with Gasteiger partial charge in [-0.25, -0.2) is 4.79 Å². The van der Waals surface area contributed by atoms with Crippen molar-refractivity contribution in [2.75, 3.05) is 19.4 Å². The summed E-state index contributed by atoms with van der Waals surface area (Å²) < 4.78 is 12.7. The average Bonchev–Trinajstić information content (AvgIpc) is 2.97. The standard InChI is InChI=1S/C17H23N5O3/c1-17(2,3)25-16(23)21-7-8-22-14(10-21)19-20-15(22)11-5-6-12(18)13(9-11)24-4/h5-6,9H,7-8,10,18H2,1-4H3. The number of ether oxygens (including phenoxy) is 2. The highest BCUT2D eigenvalue weighted by atomic mass is 16.6. The van der Waals surface area contributed by atoms with Gasteiger partial charge in [0.05, 0.1) is 19.3 Å². The van der Waals surface area contributed by atoms with E-state index >= 15 is 0 Å². The number of hydrogen-bond acceptors (Lipinski definition) is 6. The van der Waals surface area contributed by atoms with Crippen molar-refractivity contribution in [1.82, 2.24) is 19.7 Å². The predicted molar refractivity (Wildman–Crippen MR) is 93.1 cm³/mol. The molecular formula is C17H23N5O3. The van der Waals surface area contributed by atoms with Crippen molar-refractivity contribution in [3.63, 3.8) is 0 Å². The van der Waals surface area contributed by atoms with Gasteiger partial charge in [-0.15, -0.1) is 10.2 Å². The lowest BCUT2D eigenvalue weighted by molar-refractivity contribution is 0.0196. The van der Waals surface area contributed by atoms with Crippen LogP contribution in [0.15, 0.2) is 18.2 Å². The molecule has 3 rings (SSSR count). The van der Waals surface area contributed by atoms with E-state index in [1.54, 1.807) is 18.1 Å². The molecule has 1 amide bonds. The van der Waals surface area contributed by atoms with Gasteiger partial charge in [-0.1, -0.05) is 0 Å². The lowest BCUT2D eigenvalue weighted by atomic mass is 10.1. The van der Waals surface area contributed by atoms with Crippen molar-refractivity contribution in [3.05, 3.63) is 24.0 Å². The van der Waals surface area contributed by atoms with E-state index in [1.807, 2.05) is 37.5 Å². The Labute approximate surface area is 146 Å². The number of anilines is 1. The second-order valence-corrected chi connectivity index (χ2v) is 6.95. The summed E-state index contributed by atoms with van der Waals surface area (Å²) in [6.45, 7) is 7.06. The third-order valence-electron chi connectivity index (χ3n) is 3.90. The molecule has 0 fully saturated rings. The molecule has 134 valence electrons. The van der Waals surface area contributed by atoms with Crippen LogP contribution in [0.5, 0.6) is 5.75 Å². The van der Waals surface area contributed by atoms with E-state index in [9.17, 15) is 4.79 Å². The molecule has 0 atom stereocenters. The number of methoxy groups -OCH3 is 1. The van der Waals surface area contributed by atoms with Crippen LogP contribution in [0.3, 0.4) is 0 Å². The van der Waals surface area contributed by atoms with E-state index in [0.717, 1.165) is 17.2 Å². The molecule has 1 aromatic carbocycles. The number of nitrogens with two attached hydrogens (primary N) is 1. The fourth-order valence-corrected chi connectivity index (χ4v) is 2.70. The number of rotatable bonds is 2. The Hall–Kier alpha value is -2.77. The number of hydrogen-bond donors (Lipinski definition) is 1. The maximum absolute atomic E-state index is 12.2. The molecule has 2 N–H and O–H groups in total. The number of fused-ring (bicyclic) bond motifs is 1. The molecule has 0 spiro atoms. The number of aromatic nitrogens is 3. The first-order chi connectivity index (χ1) is 11.8. The average molecular weight is 345 g/mol. The molecule has 0 saturated carbocycles. The molecule has 1 aromatic heterocycles. The zero-order valence-electron chi connectivity index (χ0n) is 14.9. The zero-order valence-corrected chi connectivity index (χ0v) is 14.9. The molecule has 0 unspecified atom stereocenters. The highest BCUT2D eigenvalue weighted by Gasteiger charge is 2.28. The maximum atomic E-state index is 12.2. The molecule has 25 heavy (non-hydrogen) atoms. The Balaban J connectivity index is 1.82. The van der Waals surface area contributed by atoms with Crippen LogP contribution in [0.1, 0.15) is 26.6 Å². The molecule has 0 aliphatic carbocycles. The normalized spacial score (nSPS) is 14.2. The first-order valence-electron chi connectivity index (χ1n) is 8.12. The zero-order chi connectivity index (χ0) is 18.2. The Kier molecular flexibility index (Phi) is 4.28. The van der Waals surface area contributed by atoms with Crippen molar-refractivity contribution in [1.29, 1.82) is 0 Å². The van der Waals surface area contributed by atoms with E-state index < -0.39 is 5.60 Å². The SMILES string of the molecule is COc1cc(-c2nnc3n2CCN(C(=O)OC(C)(C)C)C3)ccc1N. The van der Waals surface area contributed by atoms with E-state index in [1.165, 1.54) is 0 Å². The molecule has 2 heterocycles. The molecule has 0 saturated heterocycles. The van der Waals surface area contributed by atoms with Gasteiger partial charge in [0.1, 0.15) is 11.4 Å². The van der Waals surface area contributed by atoms with Gasteiger partial charge < -0.3 is 19.8 Å². The summed E-state index contributed by atoms with van der Waals surface area (Å²) >= 11 is 0. The lowest BCUT2D eigenvalue weighted by Gasteiger charge is -2.30. The summed E-state index contributed by atoms with van der Waals surface area (Å²) in [5.74, 6) is 2.06. The van der Waals surface area contributed by atoms with Crippen LogP contribution in [0, 0.1) is 0 Å². The van der Waals surface area contributed by atoms with Gasteiger partial charge in [-0.05, 0) is 39.0 Å². The van der Waals surface area contributed by atoms with Gasteiger partial charge in [-0.3, -0.25) is 4.90 Å². The van der Waals surface area contributed by atoms with Gasteiger partial charge in [0.15, 0.2) is 11.6 Å². The third kappa shape index (κ3) is 3.52. The number of nitrogen functional groups attached to an aromatic ring is 1. The van der Waals surface area contributed by atoms with Gasteiger partial charge in [0.25, 0.3) is 0 Å². The van der Waals surface area contributed by atoms with Gasteiger partial charge >= 0.3 is 6.09 Å². The molecule has 8 nitrogen and oxygen atoms in total. The molecule has 2 aromatic rings. The van der Waals surface area contributed by atoms with Crippen molar-refractivity contribution in [2.45, 2.75) is 39.5 Å². The van der Waals surface area contributed by atoms with Crippen LogP contribution in [0.4, 0.5) is 10.5 Å². The number of nitrogens with zero attached hydrogens (tertiary/aromatic N) is 4. The fraction of sp³-hybridized carbons (Fsp3) is 0.471. The molecule has 0 bridgehead atoms. The van der Waals surface area contributed by atoms with Crippen molar-refractivity contribution in [3.8, 4) is 17.1 Å². The molecule has 0 radical (unpaired) electrons. The number of carbonyl (C=O) groups excluding carboxylic acids is 1. The minimum Gasteiger partial charge on any atom is -0.495 e. The fourth-order valence-electron chi connectivity index (χ4n) is 2.70. The van der Waals surface area contributed by atoms with Crippen LogP contribution in [-0.2, 0) is 17.8 Å². The number of amides is 1. The van der Waals surface area contributed by atoms with Crippen LogP contribution in [0.2, 0.25) is 0 Å². The highest BCUT2D eigenvalue weighted by molar-refractivity contribution is 5.69. The Morgan fingerprint density at radius 3 is 2.68 bits per heavy atom. The molecule has 1 aliphatic rings. The first-order valence-corrected chi connectivity index (χ1v) is 8.12. The van der Waals surface area contributed by atoms with Crippen LogP contribution in [-0.4, -0.2) is 45.0 Å². The summed E-state index contributed by atoms with van der Waals surface area (Å²) in [5, 5.41) is 8.51. The van der Waals surface area contributed by atoms with Crippen molar-refractivity contribution < 1.29 is 14.3 Å². The largest absolute Gasteiger partial charge is 0.495 e. The van der Waals surface area contributed by atoms with E-state index in [2.05, 4.69) is 10.2 Å². The van der Waals surface area contributed by atoms with E-state index in [-0.39, 0.29) is 6.09 Å². The lowest BCUT2D eigenvalue weighted by Crippen LogP contribution is -2.41. The van der Waals surface area contributed by atoms with Gasteiger partial charge in [-0.2, -0.15) is 0 Å². The van der Waals surface area contributed by atoms with Crippen LogP contribution >= 0.6 is 0 Å². The van der Waals surface area contributed by atoms with Crippen LogP contribution in [0.25, 0.3) is 11.4 Å². The predicted octanol–water partition coefficient (Wildman–Crippen LogP) is 2.29. The molecule has 1 aliphatic heterocycles. The molecule has 8 heteroatoms. The summed E-state index contributed by atoms with van der Waals surface area (Å²) in [6.07, 6.45) is -0.336. The second-order valence-electron chi connectivity index (χ2n) is 6.95. The van der Waals surface area contributed by atoms with Crippen molar-refractivity contribution in [2.24, 2.45) is 0 Å². The summed E-state index contributed by atoms with van der Waals surface area (Å²) in [7, 11) is 1.58. The molecular weight excluding hydrogens is 322 g/mol. The van der Waals surface area contributed by atoms with Gasteiger partial charge in [0, 0.05) is 18.7 Å². The Morgan fingerprint density at radius 1 is 1.24 bits per heavy atom. The van der Waals surface area contributed by atoms with Crippen molar-refractivity contribution >= 4 is 11.8 Å². The van der Waals surface area contributed by atoms with E-state index in [4.69, 9.17) is 15.2 Å². The minimum atomic E-state index is -0.520. The Bertz CT molecular complexity index is 794. The second kappa shape index (κ2) is 6.27. The monoisotopic (exact) mass is 345 g/mol. The number of benzene rings is 1. The summed E-state index contributed by atoms with van der Waals surface area (Å²) in [4.78, 5) is 13.9. The van der Waals surface area contributed by atoms with E-state index in [0.29, 0.717) is 31.1 Å². The quantitative estimate of drug-likeness (QED) is 0.839. The summed E-state index contributed by atoms with van der Waals surface area (Å²) in [5.41, 5.74) is 6.79. The first kappa shape index (κ1) is 17.1. The Morgan fingerprint density at radius 2 is 2.00 bits per heavy atom. The number of carbonyl (C=O) groups is 1.